The predicted octanol–water partition coefficient (Wildman–Crippen LogP) is 2.53. The molecule has 3 rings (SSSR count). The Kier molecular flexibility index (Phi) is 3.31. The van der Waals surface area contributed by atoms with Gasteiger partial charge in [-0.1, -0.05) is 18.2 Å². The van der Waals surface area contributed by atoms with Gasteiger partial charge in [0, 0.05) is 24.2 Å². The van der Waals surface area contributed by atoms with Crippen molar-refractivity contribution in [3.05, 3.63) is 46.5 Å². The van der Waals surface area contributed by atoms with Crippen LogP contribution in [0.5, 0.6) is 0 Å². The lowest BCUT2D eigenvalue weighted by Crippen LogP contribution is -2.19. The van der Waals surface area contributed by atoms with Crippen LogP contribution in [-0.4, -0.2) is 21.8 Å². The number of hydrogen-bond donors (Lipinski definition) is 1. The molecule has 0 saturated heterocycles. The van der Waals surface area contributed by atoms with Gasteiger partial charge in [-0.05, 0) is 13.1 Å². The lowest BCUT2D eigenvalue weighted by molar-refractivity contribution is 0.568. The van der Waals surface area contributed by atoms with Gasteiger partial charge in [0.05, 0.1) is 28.5 Å². The molecule has 1 unspecified atom stereocenters. The monoisotopic (exact) mass is 272 g/mol. The number of para-hydroxylation sites is 1. The fourth-order valence-corrected chi connectivity index (χ4v) is 2.99. The Balaban J connectivity index is 1.97. The number of hydrogen-bond acceptors (Lipinski definition) is 4. The van der Waals surface area contributed by atoms with E-state index in [0.29, 0.717) is 0 Å². The number of aromatic nitrogens is 3. The van der Waals surface area contributed by atoms with E-state index in [4.69, 9.17) is 0 Å². The summed E-state index contributed by atoms with van der Waals surface area (Å²) in [6.45, 7) is 0. The van der Waals surface area contributed by atoms with Crippen molar-refractivity contribution < 1.29 is 0 Å². The van der Waals surface area contributed by atoms with Gasteiger partial charge in [0.1, 0.15) is 0 Å². The molecule has 19 heavy (non-hydrogen) atoms. The first-order chi connectivity index (χ1) is 9.29. The van der Waals surface area contributed by atoms with E-state index in [1.807, 2.05) is 30.4 Å². The summed E-state index contributed by atoms with van der Waals surface area (Å²) in [6, 6.07) is 8.55. The van der Waals surface area contributed by atoms with Crippen LogP contribution in [0.3, 0.4) is 0 Å². The number of aryl methyl sites for hydroxylation is 1. The summed E-state index contributed by atoms with van der Waals surface area (Å²) in [5.41, 5.74) is 5.24. The third-order valence-electron chi connectivity index (χ3n) is 3.39. The SMILES string of the molecule is CNC(Cc1nn(C)c2ccccc12)c1cscn1. The molecule has 1 atom stereocenters. The summed E-state index contributed by atoms with van der Waals surface area (Å²) in [5, 5.41) is 11.3. The zero-order chi connectivity index (χ0) is 13.2. The van der Waals surface area contributed by atoms with Crippen molar-refractivity contribution >= 4 is 22.2 Å². The van der Waals surface area contributed by atoms with Crippen LogP contribution in [-0.2, 0) is 13.5 Å². The number of thiazole rings is 1. The topological polar surface area (TPSA) is 42.7 Å². The van der Waals surface area contributed by atoms with Crippen LogP contribution in [0.25, 0.3) is 10.9 Å². The van der Waals surface area contributed by atoms with Gasteiger partial charge in [0.15, 0.2) is 0 Å². The Morgan fingerprint density at radius 1 is 1.37 bits per heavy atom. The molecule has 1 N–H and O–H groups in total. The van der Waals surface area contributed by atoms with Crippen LogP contribution in [0, 0.1) is 0 Å². The first kappa shape index (κ1) is 12.3. The maximum Gasteiger partial charge on any atom is 0.0795 e. The van der Waals surface area contributed by atoms with Gasteiger partial charge in [-0.3, -0.25) is 4.68 Å². The lowest BCUT2D eigenvalue weighted by atomic mass is 10.1. The van der Waals surface area contributed by atoms with Crippen LogP contribution in [0.4, 0.5) is 0 Å². The number of rotatable bonds is 4. The van der Waals surface area contributed by atoms with Gasteiger partial charge in [-0.25, -0.2) is 4.98 Å². The summed E-state index contributed by atoms with van der Waals surface area (Å²) < 4.78 is 1.94. The van der Waals surface area contributed by atoms with Crippen LogP contribution in [0.15, 0.2) is 35.2 Å². The summed E-state index contributed by atoms with van der Waals surface area (Å²) in [4.78, 5) is 4.39. The van der Waals surface area contributed by atoms with E-state index < -0.39 is 0 Å². The van der Waals surface area contributed by atoms with Gasteiger partial charge < -0.3 is 5.32 Å². The minimum absolute atomic E-state index is 0.213. The number of fused-ring (bicyclic) bond motifs is 1. The van der Waals surface area contributed by atoms with E-state index in [0.717, 1.165) is 17.8 Å². The average Bonchev–Trinajstić information content (AvgIpc) is 3.06. The second kappa shape index (κ2) is 5.11. The minimum Gasteiger partial charge on any atom is -0.311 e. The first-order valence-corrected chi connectivity index (χ1v) is 7.20. The highest BCUT2D eigenvalue weighted by Gasteiger charge is 2.16. The molecular formula is C14H16N4S. The van der Waals surface area contributed by atoms with E-state index >= 15 is 0 Å². The second-order valence-electron chi connectivity index (χ2n) is 4.55. The van der Waals surface area contributed by atoms with E-state index in [9.17, 15) is 0 Å². The molecule has 0 amide bonds. The first-order valence-electron chi connectivity index (χ1n) is 6.25. The number of likely N-dealkylation sites (N-methyl/N-ethyl adjacent to an activating group) is 1. The molecule has 0 spiro atoms. The molecule has 0 radical (unpaired) electrons. The molecule has 1 aromatic carbocycles. The van der Waals surface area contributed by atoms with E-state index in [-0.39, 0.29) is 6.04 Å². The lowest BCUT2D eigenvalue weighted by Gasteiger charge is -2.12. The molecule has 2 aromatic heterocycles. The van der Waals surface area contributed by atoms with Crippen molar-refractivity contribution in [3.8, 4) is 0 Å². The maximum absolute atomic E-state index is 4.64. The smallest absolute Gasteiger partial charge is 0.0795 e. The summed E-state index contributed by atoms with van der Waals surface area (Å²) in [7, 11) is 3.96. The molecule has 0 aliphatic carbocycles. The quantitative estimate of drug-likeness (QED) is 0.793. The molecule has 0 fully saturated rings. The largest absolute Gasteiger partial charge is 0.311 e. The summed E-state index contributed by atoms with van der Waals surface area (Å²) in [6.07, 6.45) is 0.849. The number of benzene rings is 1. The van der Waals surface area contributed by atoms with Gasteiger partial charge in [-0.2, -0.15) is 5.10 Å². The summed E-state index contributed by atoms with van der Waals surface area (Å²) in [5.74, 6) is 0. The molecule has 2 heterocycles. The fourth-order valence-electron chi connectivity index (χ4n) is 2.38. The molecule has 0 aliphatic rings. The average molecular weight is 272 g/mol. The molecule has 3 aromatic rings. The Morgan fingerprint density at radius 2 is 2.21 bits per heavy atom. The molecule has 5 heteroatoms. The van der Waals surface area contributed by atoms with Crippen LogP contribution < -0.4 is 5.32 Å². The zero-order valence-electron chi connectivity index (χ0n) is 11.0. The molecule has 0 saturated carbocycles. The minimum atomic E-state index is 0.213. The van der Waals surface area contributed by atoms with Crippen LogP contribution in [0.2, 0.25) is 0 Å². The van der Waals surface area contributed by atoms with Crippen molar-refractivity contribution in [1.29, 1.82) is 0 Å². The van der Waals surface area contributed by atoms with Gasteiger partial charge in [0.25, 0.3) is 0 Å². The molecule has 0 aliphatic heterocycles. The molecular weight excluding hydrogens is 256 g/mol. The molecule has 0 bridgehead atoms. The predicted molar refractivity (Wildman–Crippen MR) is 78.3 cm³/mol. The van der Waals surface area contributed by atoms with Gasteiger partial charge in [-0.15, -0.1) is 11.3 Å². The van der Waals surface area contributed by atoms with Crippen molar-refractivity contribution in [2.45, 2.75) is 12.5 Å². The normalized spacial score (nSPS) is 12.9. The van der Waals surface area contributed by atoms with Gasteiger partial charge >= 0.3 is 0 Å². The van der Waals surface area contributed by atoms with Crippen LogP contribution >= 0.6 is 11.3 Å². The van der Waals surface area contributed by atoms with Crippen molar-refractivity contribution in [1.82, 2.24) is 20.1 Å². The number of nitrogens with zero attached hydrogens (tertiary/aromatic N) is 3. The summed E-state index contributed by atoms with van der Waals surface area (Å²) >= 11 is 1.63. The molecule has 4 nitrogen and oxygen atoms in total. The van der Waals surface area contributed by atoms with E-state index in [2.05, 4.69) is 39.0 Å². The zero-order valence-corrected chi connectivity index (χ0v) is 11.8. The highest BCUT2D eigenvalue weighted by molar-refractivity contribution is 7.07. The van der Waals surface area contributed by atoms with Gasteiger partial charge in [0.2, 0.25) is 0 Å². The third-order valence-corrected chi connectivity index (χ3v) is 3.99. The Hall–Kier alpha value is -1.72. The third kappa shape index (κ3) is 2.27. The Labute approximate surface area is 116 Å². The highest BCUT2D eigenvalue weighted by Crippen LogP contribution is 2.23. The maximum atomic E-state index is 4.64. The van der Waals surface area contributed by atoms with E-state index in [1.165, 1.54) is 10.9 Å². The Bertz CT molecular complexity index is 672. The number of nitrogens with one attached hydrogen (secondary N) is 1. The second-order valence-corrected chi connectivity index (χ2v) is 5.26. The van der Waals surface area contributed by atoms with Crippen LogP contribution in [0.1, 0.15) is 17.4 Å². The van der Waals surface area contributed by atoms with E-state index in [1.54, 1.807) is 11.3 Å². The van der Waals surface area contributed by atoms with Crippen molar-refractivity contribution in [2.75, 3.05) is 7.05 Å². The van der Waals surface area contributed by atoms with Crippen molar-refractivity contribution in [2.24, 2.45) is 7.05 Å². The highest BCUT2D eigenvalue weighted by atomic mass is 32.1. The van der Waals surface area contributed by atoms with Crippen molar-refractivity contribution in [3.63, 3.8) is 0 Å². The molecule has 98 valence electrons. The fraction of sp³-hybridized carbons (Fsp3) is 0.286. The Morgan fingerprint density at radius 3 is 2.95 bits per heavy atom. The standard InChI is InChI=1S/C14H16N4S/c1-15-12(13-8-19-9-16-13)7-11-10-5-3-4-6-14(10)18(2)17-11/h3-6,8-9,12,15H,7H2,1-2H3.